The molecule has 130 valence electrons. The lowest BCUT2D eigenvalue weighted by Crippen LogP contribution is -2.49. The van der Waals surface area contributed by atoms with Crippen LogP contribution in [0.4, 0.5) is 0 Å². The van der Waals surface area contributed by atoms with Gasteiger partial charge in [0.1, 0.15) is 17.9 Å². The summed E-state index contributed by atoms with van der Waals surface area (Å²) in [6, 6.07) is 7.44. The fourth-order valence-corrected chi connectivity index (χ4v) is 4.65. The van der Waals surface area contributed by atoms with E-state index in [1.807, 2.05) is 26.0 Å². The van der Waals surface area contributed by atoms with Crippen LogP contribution in [-0.4, -0.2) is 15.9 Å². The second-order valence-electron chi connectivity index (χ2n) is 7.36. The largest absolute Gasteiger partial charge is 0.467 e. The summed E-state index contributed by atoms with van der Waals surface area (Å²) in [6.45, 7) is 4.37. The standard InChI is InChI=1S/C19H17N5O2/c1-18(2)12-5-6-19(18,17(25)22-10-11-4-3-7-26-11)16-15(12)23-13(8-20)14(9-21)24-16/h3-4,7,12H,5-6,10H2,1-2H3,(H,22,25). The molecule has 0 radical (unpaired) electrons. The third kappa shape index (κ3) is 1.89. The number of hydrogen-bond donors (Lipinski definition) is 1. The number of aromatic nitrogens is 2. The van der Waals surface area contributed by atoms with Crippen LogP contribution in [0.5, 0.6) is 0 Å². The van der Waals surface area contributed by atoms with Crippen LogP contribution in [-0.2, 0) is 16.8 Å². The van der Waals surface area contributed by atoms with Crippen LogP contribution < -0.4 is 5.32 Å². The summed E-state index contributed by atoms with van der Waals surface area (Å²) in [5.41, 5.74) is -0.0139. The smallest absolute Gasteiger partial charge is 0.233 e. The van der Waals surface area contributed by atoms with Crippen LogP contribution in [0.1, 0.15) is 61.1 Å². The minimum atomic E-state index is -0.855. The molecule has 0 saturated heterocycles. The Morgan fingerprint density at radius 1 is 1.35 bits per heavy atom. The molecule has 4 rings (SSSR count). The molecule has 0 spiro atoms. The fraction of sp³-hybridized carbons (Fsp3) is 0.421. The Hall–Kier alpha value is -3.19. The van der Waals surface area contributed by atoms with E-state index < -0.39 is 10.8 Å². The van der Waals surface area contributed by atoms with E-state index in [4.69, 9.17) is 4.42 Å². The van der Waals surface area contributed by atoms with Gasteiger partial charge in [-0.05, 0) is 30.4 Å². The van der Waals surface area contributed by atoms with Gasteiger partial charge >= 0.3 is 0 Å². The monoisotopic (exact) mass is 347 g/mol. The van der Waals surface area contributed by atoms with Crippen LogP contribution in [0.2, 0.25) is 0 Å². The second-order valence-corrected chi connectivity index (χ2v) is 7.36. The van der Waals surface area contributed by atoms with E-state index in [0.29, 0.717) is 30.1 Å². The molecule has 2 bridgehead atoms. The van der Waals surface area contributed by atoms with Gasteiger partial charge in [-0.1, -0.05) is 13.8 Å². The normalized spacial score (nSPS) is 24.5. The maximum Gasteiger partial charge on any atom is 0.233 e. The number of nitrogens with one attached hydrogen (secondary N) is 1. The van der Waals surface area contributed by atoms with E-state index in [-0.39, 0.29) is 23.2 Å². The van der Waals surface area contributed by atoms with Gasteiger partial charge in [0.25, 0.3) is 0 Å². The van der Waals surface area contributed by atoms with Crippen molar-refractivity contribution in [2.45, 2.75) is 44.6 Å². The second kappa shape index (κ2) is 5.40. The average molecular weight is 347 g/mol. The molecule has 2 atom stereocenters. The van der Waals surface area contributed by atoms with Gasteiger partial charge in [-0.2, -0.15) is 10.5 Å². The molecule has 26 heavy (non-hydrogen) atoms. The quantitative estimate of drug-likeness (QED) is 0.910. The third-order valence-electron chi connectivity index (χ3n) is 6.04. The summed E-state index contributed by atoms with van der Waals surface area (Å²) in [7, 11) is 0. The van der Waals surface area contributed by atoms with E-state index in [1.54, 1.807) is 18.4 Å². The number of furan rings is 1. The summed E-state index contributed by atoms with van der Waals surface area (Å²) in [5, 5.41) is 21.5. The van der Waals surface area contributed by atoms with Crippen molar-refractivity contribution in [3.05, 3.63) is 46.9 Å². The maximum absolute atomic E-state index is 13.3. The highest BCUT2D eigenvalue weighted by Gasteiger charge is 2.68. The lowest BCUT2D eigenvalue weighted by molar-refractivity contribution is -0.130. The Morgan fingerprint density at radius 2 is 2.08 bits per heavy atom. The van der Waals surface area contributed by atoms with Crippen LogP contribution in [0.3, 0.4) is 0 Å². The van der Waals surface area contributed by atoms with E-state index in [0.717, 1.165) is 6.42 Å². The van der Waals surface area contributed by atoms with E-state index in [9.17, 15) is 15.3 Å². The molecule has 0 aliphatic heterocycles. The molecule has 2 aromatic rings. The first-order valence-electron chi connectivity index (χ1n) is 8.49. The molecule has 2 aromatic heterocycles. The van der Waals surface area contributed by atoms with Crippen LogP contribution in [0.25, 0.3) is 0 Å². The molecule has 2 heterocycles. The Kier molecular flexibility index (Phi) is 3.38. The van der Waals surface area contributed by atoms with Gasteiger partial charge in [0, 0.05) is 5.92 Å². The molecule has 2 aliphatic rings. The third-order valence-corrected chi connectivity index (χ3v) is 6.04. The molecule has 2 aliphatic carbocycles. The predicted molar refractivity (Wildman–Crippen MR) is 89.5 cm³/mol. The highest BCUT2D eigenvalue weighted by molar-refractivity contribution is 5.91. The lowest BCUT2D eigenvalue weighted by Gasteiger charge is -2.36. The highest BCUT2D eigenvalue weighted by Crippen LogP contribution is 2.67. The number of nitrogens with zero attached hydrogens (tertiary/aromatic N) is 4. The number of carbonyl (C=O) groups is 1. The summed E-state index contributed by atoms with van der Waals surface area (Å²) >= 11 is 0. The van der Waals surface area contributed by atoms with Crippen molar-refractivity contribution in [1.29, 1.82) is 10.5 Å². The van der Waals surface area contributed by atoms with Gasteiger partial charge in [0.15, 0.2) is 11.4 Å². The van der Waals surface area contributed by atoms with Crippen molar-refractivity contribution < 1.29 is 9.21 Å². The molecule has 1 N–H and O–H groups in total. The van der Waals surface area contributed by atoms with Gasteiger partial charge in [-0.3, -0.25) is 4.79 Å². The van der Waals surface area contributed by atoms with Gasteiger partial charge in [0.2, 0.25) is 5.91 Å². The van der Waals surface area contributed by atoms with Gasteiger partial charge in [-0.15, -0.1) is 0 Å². The summed E-state index contributed by atoms with van der Waals surface area (Å²) in [6.07, 6.45) is 3.01. The minimum absolute atomic E-state index is 0.0205. The van der Waals surface area contributed by atoms with Crippen molar-refractivity contribution in [3.63, 3.8) is 0 Å². The molecule has 1 fully saturated rings. The molecular formula is C19H17N5O2. The Balaban J connectivity index is 1.79. The molecular weight excluding hydrogens is 330 g/mol. The number of fused-ring (bicyclic) bond motifs is 5. The first kappa shape index (κ1) is 16.3. The van der Waals surface area contributed by atoms with Crippen molar-refractivity contribution in [1.82, 2.24) is 15.3 Å². The molecule has 1 saturated carbocycles. The number of amides is 1. The van der Waals surface area contributed by atoms with Gasteiger partial charge in [0.05, 0.1) is 29.6 Å². The molecule has 7 nitrogen and oxygen atoms in total. The average Bonchev–Trinajstić information content (AvgIpc) is 3.29. The van der Waals surface area contributed by atoms with Crippen molar-refractivity contribution in [3.8, 4) is 12.1 Å². The Labute approximate surface area is 150 Å². The maximum atomic E-state index is 13.3. The first-order valence-corrected chi connectivity index (χ1v) is 8.49. The van der Waals surface area contributed by atoms with Crippen LogP contribution in [0.15, 0.2) is 22.8 Å². The van der Waals surface area contributed by atoms with Crippen molar-refractivity contribution >= 4 is 5.91 Å². The van der Waals surface area contributed by atoms with Gasteiger partial charge in [-0.25, -0.2) is 9.97 Å². The number of nitriles is 2. The van der Waals surface area contributed by atoms with Crippen molar-refractivity contribution in [2.24, 2.45) is 5.41 Å². The lowest BCUT2D eigenvalue weighted by atomic mass is 9.67. The number of rotatable bonds is 3. The van der Waals surface area contributed by atoms with E-state index in [1.165, 1.54) is 0 Å². The number of hydrogen-bond acceptors (Lipinski definition) is 6. The Morgan fingerprint density at radius 3 is 2.73 bits per heavy atom. The summed E-state index contributed by atoms with van der Waals surface area (Å²) in [4.78, 5) is 22.1. The zero-order valence-electron chi connectivity index (χ0n) is 14.5. The van der Waals surface area contributed by atoms with Gasteiger partial charge < -0.3 is 9.73 Å². The molecule has 7 heteroatoms. The Bertz CT molecular complexity index is 981. The molecule has 2 unspecified atom stereocenters. The zero-order chi connectivity index (χ0) is 18.5. The van der Waals surface area contributed by atoms with Crippen molar-refractivity contribution in [2.75, 3.05) is 0 Å². The van der Waals surface area contributed by atoms with Crippen LogP contribution >= 0.6 is 0 Å². The zero-order valence-corrected chi connectivity index (χ0v) is 14.5. The van der Waals surface area contributed by atoms with Crippen LogP contribution in [0, 0.1) is 28.1 Å². The first-order chi connectivity index (χ1) is 12.5. The predicted octanol–water partition coefficient (Wildman–Crippen LogP) is 2.28. The fourth-order valence-electron chi connectivity index (χ4n) is 4.65. The minimum Gasteiger partial charge on any atom is -0.467 e. The SMILES string of the molecule is CC1(C)C2CCC1(C(=O)NCc1ccco1)c1nc(C#N)c(C#N)nc12. The summed E-state index contributed by atoms with van der Waals surface area (Å²) < 4.78 is 5.29. The number of carbonyl (C=O) groups excluding carboxylic acids is 1. The highest BCUT2D eigenvalue weighted by atomic mass is 16.3. The molecule has 0 aromatic carbocycles. The summed E-state index contributed by atoms with van der Waals surface area (Å²) in [5.74, 6) is 0.575. The van der Waals surface area contributed by atoms with E-state index >= 15 is 0 Å². The van der Waals surface area contributed by atoms with E-state index in [2.05, 4.69) is 15.3 Å². The molecule has 1 amide bonds. The topological polar surface area (TPSA) is 116 Å².